The lowest BCUT2D eigenvalue weighted by molar-refractivity contribution is 0.255. The van der Waals surface area contributed by atoms with E-state index in [4.69, 9.17) is 19.7 Å². The molecular weight excluding hydrogens is 539 g/mol. The number of anilines is 1. The number of nitrogens with zero attached hydrogens (tertiary/aromatic N) is 5. The number of nitrogens with one attached hydrogen (secondary N) is 1. The molecular formula is C35H37FN6O. The van der Waals surface area contributed by atoms with Crippen LogP contribution in [0.4, 0.5) is 10.2 Å². The fourth-order valence-electron chi connectivity index (χ4n) is 6.14. The minimum Gasteiger partial charge on any atom is -0.476 e. The second-order valence-corrected chi connectivity index (χ2v) is 12.0. The van der Waals surface area contributed by atoms with Gasteiger partial charge in [0.15, 0.2) is 0 Å². The first-order valence-electron chi connectivity index (χ1n) is 15.2. The van der Waals surface area contributed by atoms with Crippen molar-refractivity contribution in [2.45, 2.75) is 31.7 Å². The van der Waals surface area contributed by atoms with Crippen LogP contribution >= 0.6 is 0 Å². The molecule has 0 radical (unpaired) electrons. The number of fused-ring (bicyclic) bond motifs is 2. The van der Waals surface area contributed by atoms with Gasteiger partial charge in [-0.25, -0.2) is 9.37 Å². The number of rotatable bonds is 8. The van der Waals surface area contributed by atoms with E-state index in [1.165, 1.54) is 0 Å². The Kier molecular flexibility index (Phi) is 7.41. The zero-order valence-electron chi connectivity index (χ0n) is 25.0. The molecule has 2 aromatic carbocycles. The molecule has 4 heterocycles. The number of ether oxygens (including phenoxy) is 1. The predicted molar refractivity (Wildman–Crippen MR) is 171 cm³/mol. The number of likely N-dealkylation sites (N-methyl/N-ethyl adjacent to an activating group) is 1. The summed E-state index contributed by atoms with van der Waals surface area (Å²) in [5, 5.41) is 6.16. The van der Waals surface area contributed by atoms with Gasteiger partial charge >= 0.3 is 0 Å². The molecule has 1 N–H and O–H groups in total. The van der Waals surface area contributed by atoms with Gasteiger partial charge in [-0.3, -0.25) is 4.98 Å². The van der Waals surface area contributed by atoms with Gasteiger partial charge in [-0.1, -0.05) is 48.5 Å². The number of aromatic nitrogens is 3. The van der Waals surface area contributed by atoms with Crippen molar-refractivity contribution in [1.29, 1.82) is 0 Å². The second kappa shape index (κ2) is 11.5. The smallest absolute Gasteiger partial charge is 0.225 e. The topological polar surface area (TPSA) is 66.4 Å². The van der Waals surface area contributed by atoms with Crippen molar-refractivity contribution < 1.29 is 9.13 Å². The van der Waals surface area contributed by atoms with Crippen molar-refractivity contribution in [3.8, 4) is 28.3 Å². The second-order valence-electron chi connectivity index (χ2n) is 12.0. The van der Waals surface area contributed by atoms with E-state index in [9.17, 15) is 0 Å². The summed E-state index contributed by atoms with van der Waals surface area (Å²) in [6, 6.07) is 19.9. The average molecular weight is 577 g/mol. The molecule has 1 saturated heterocycles. The van der Waals surface area contributed by atoms with E-state index in [0.717, 1.165) is 72.2 Å². The minimum absolute atomic E-state index is 0.172. The Hall–Kier alpha value is -4.14. The molecule has 3 aromatic heterocycles. The third-order valence-electron chi connectivity index (χ3n) is 8.54. The monoisotopic (exact) mass is 576 g/mol. The number of hydrogen-bond donors (Lipinski definition) is 1. The van der Waals surface area contributed by atoms with Crippen molar-refractivity contribution >= 4 is 27.5 Å². The van der Waals surface area contributed by atoms with Crippen LogP contribution in [0.3, 0.4) is 0 Å². The zero-order chi connectivity index (χ0) is 29.5. The summed E-state index contributed by atoms with van der Waals surface area (Å²) in [5.74, 6) is 1.26. The van der Waals surface area contributed by atoms with Gasteiger partial charge in [0.1, 0.15) is 23.9 Å². The van der Waals surface area contributed by atoms with Crippen LogP contribution in [0.15, 0.2) is 66.9 Å². The van der Waals surface area contributed by atoms with Crippen LogP contribution in [-0.2, 0) is 0 Å². The Morgan fingerprint density at radius 1 is 1.00 bits per heavy atom. The molecule has 0 amide bonds. The molecule has 2 fully saturated rings. The van der Waals surface area contributed by atoms with E-state index in [2.05, 4.69) is 28.1 Å². The zero-order valence-corrected chi connectivity index (χ0v) is 25.0. The van der Waals surface area contributed by atoms with E-state index in [0.29, 0.717) is 40.8 Å². The highest BCUT2D eigenvalue weighted by molar-refractivity contribution is 6.05. The maximum atomic E-state index is 16.4. The van der Waals surface area contributed by atoms with E-state index in [1.807, 2.05) is 68.8 Å². The molecule has 1 aliphatic heterocycles. The summed E-state index contributed by atoms with van der Waals surface area (Å²) in [5.41, 5.74) is 4.56. The Morgan fingerprint density at radius 2 is 1.81 bits per heavy atom. The number of piperazine rings is 1. The summed E-state index contributed by atoms with van der Waals surface area (Å²) in [7, 11) is 4.05. The van der Waals surface area contributed by atoms with Crippen molar-refractivity contribution in [2.75, 3.05) is 51.8 Å². The van der Waals surface area contributed by atoms with Gasteiger partial charge in [-0.05, 0) is 56.8 Å². The minimum atomic E-state index is -0.365. The Labute approximate surface area is 251 Å². The summed E-state index contributed by atoms with van der Waals surface area (Å²) < 4.78 is 22.9. The molecule has 1 atom stereocenters. The SMILES string of the molecule is C[C@H]1CNCCN1c1nc(OCCN(C)C)c(-c2cccnc2C2CC2)c2nc(-c3cccc4ccccc34)c(F)cc12. The molecule has 7 rings (SSSR count). The van der Waals surface area contributed by atoms with Gasteiger partial charge in [-0.2, -0.15) is 4.98 Å². The summed E-state index contributed by atoms with van der Waals surface area (Å²) in [6.07, 6.45) is 4.06. The average Bonchev–Trinajstić information content (AvgIpc) is 3.86. The molecule has 0 unspecified atom stereocenters. The molecule has 43 heavy (non-hydrogen) atoms. The van der Waals surface area contributed by atoms with Crippen LogP contribution in [0, 0.1) is 5.82 Å². The molecule has 2 aliphatic rings. The van der Waals surface area contributed by atoms with Crippen LogP contribution in [0.2, 0.25) is 0 Å². The molecule has 1 aliphatic carbocycles. The van der Waals surface area contributed by atoms with E-state index in [1.54, 1.807) is 6.07 Å². The summed E-state index contributed by atoms with van der Waals surface area (Å²) in [6.45, 7) is 5.77. The molecule has 1 saturated carbocycles. The quantitative estimate of drug-likeness (QED) is 0.234. The number of hydrogen-bond acceptors (Lipinski definition) is 7. The maximum Gasteiger partial charge on any atom is 0.225 e. The van der Waals surface area contributed by atoms with Crippen LogP contribution < -0.4 is 15.0 Å². The summed E-state index contributed by atoms with van der Waals surface area (Å²) in [4.78, 5) is 19.6. The fourth-order valence-corrected chi connectivity index (χ4v) is 6.14. The first kappa shape index (κ1) is 27.7. The molecule has 220 valence electrons. The summed E-state index contributed by atoms with van der Waals surface area (Å²) >= 11 is 0. The third kappa shape index (κ3) is 5.30. The van der Waals surface area contributed by atoms with Crippen LogP contribution in [0.5, 0.6) is 5.88 Å². The molecule has 0 spiro atoms. The molecule has 7 nitrogen and oxygen atoms in total. The third-order valence-corrected chi connectivity index (χ3v) is 8.54. The number of halogens is 1. The van der Waals surface area contributed by atoms with Crippen LogP contribution in [-0.4, -0.2) is 72.8 Å². The highest BCUT2D eigenvalue weighted by Crippen LogP contribution is 2.48. The van der Waals surface area contributed by atoms with Gasteiger partial charge in [0, 0.05) is 60.8 Å². The lowest BCUT2D eigenvalue weighted by Gasteiger charge is -2.36. The Bertz CT molecular complexity index is 1800. The molecule has 8 heteroatoms. The van der Waals surface area contributed by atoms with Crippen molar-refractivity contribution in [3.63, 3.8) is 0 Å². The lowest BCUT2D eigenvalue weighted by atomic mass is 9.97. The molecule has 0 bridgehead atoms. The first-order valence-corrected chi connectivity index (χ1v) is 15.2. The maximum absolute atomic E-state index is 16.4. The highest BCUT2D eigenvalue weighted by atomic mass is 19.1. The predicted octanol–water partition coefficient (Wildman–Crippen LogP) is 6.27. The Morgan fingerprint density at radius 3 is 2.63 bits per heavy atom. The van der Waals surface area contributed by atoms with E-state index < -0.39 is 0 Å². The van der Waals surface area contributed by atoms with Gasteiger partial charge < -0.3 is 19.9 Å². The van der Waals surface area contributed by atoms with Crippen molar-refractivity contribution in [1.82, 2.24) is 25.2 Å². The van der Waals surface area contributed by atoms with Gasteiger partial charge in [0.25, 0.3) is 0 Å². The van der Waals surface area contributed by atoms with E-state index >= 15 is 4.39 Å². The number of pyridine rings is 3. The van der Waals surface area contributed by atoms with Gasteiger partial charge in [-0.15, -0.1) is 0 Å². The largest absolute Gasteiger partial charge is 0.476 e. The lowest BCUT2D eigenvalue weighted by Crippen LogP contribution is -2.50. The van der Waals surface area contributed by atoms with Crippen LogP contribution in [0.25, 0.3) is 44.1 Å². The van der Waals surface area contributed by atoms with E-state index in [-0.39, 0.29) is 11.9 Å². The van der Waals surface area contributed by atoms with Crippen molar-refractivity contribution in [3.05, 3.63) is 78.4 Å². The number of benzene rings is 2. The first-order chi connectivity index (χ1) is 21.0. The fraction of sp³-hybridized carbons (Fsp3) is 0.343. The standard InChI is InChI=1S/C35H37FN6O/c1-22-21-37-16-17-42(22)34-28-20-29(36)32(26-11-6-9-23-8-4-5-10-25(23)26)39-33(28)30(35(40-34)43-19-18-41(2)3)27-12-7-15-38-31(27)24-13-14-24/h4-12,15,20,22,24,37H,13-14,16-19,21H2,1-3H3/t22-/m0/s1. The van der Waals surface area contributed by atoms with Crippen LogP contribution in [0.1, 0.15) is 31.4 Å². The normalized spacial score (nSPS) is 17.2. The van der Waals surface area contributed by atoms with Gasteiger partial charge in [0.05, 0.1) is 16.8 Å². The van der Waals surface area contributed by atoms with Crippen molar-refractivity contribution in [2.24, 2.45) is 0 Å². The molecule has 5 aromatic rings. The van der Waals surface area contributed by atoms with Gasteiger partial charge in [0.2, 0.25) is 5.88 Å². The highest BCUT2D eigenvalue weighted by Gasteiger charge is 2.32. The Balaban J connectivity index is 1.54.